The number of amides is 1. The lowest BCUT2D eigenvalue weighted by molar-refractivity contribution is 0.0951. The summed E-state index contributed by atoms with van der Waals surface area (Å²) in [6.45, 7) is 5.25. The molecular formula is C22H23ClN4O. The molecular weight excluding hydrogens is 372 g/mol. The molecule has 0 unspecified atom stereocenters. The number of halogens is 1. The number of nitrogens with zero attached hydrogens (tertiary/aromatic N) is 3. The van der Waals surface area contributed by atoms with E-state index < -0.39 is 0 Å². The maximum Gasteiger partial charge on any atom is 0.251 e. The molecule has 0 aliphatic carbocycles. The molecule has 1 N–H and O–H groups in total. The molecule has 28 heavy (non-hydrogen) atoms. The summed E-state index contributed by atoms with van der Waals surface area (Å²) in [5.41, 5.74) is 3.78. The number of nitrogens with one attached hydrogen (secondary N) is 1. The van der Waals surface area contributed by atoms with Gasteiger partial charge in [0.05, 0.1) is 5.69 Å². The summed E-state index contributed by atoms with van der Waals surface area (Å²) in [5, 5.41) is 8.13. The first-order valence-electron chi connectivity index (χ1n) is 9.50. The van der Waals surface area contributed by atoms with Crippen molar-refractivity contribution < 1.29 is 4.79 Å². The number of carbonyl (C=O) groups excluding carboxylic acids is 1. The summed E-state index contributed by atoms with van der Waals surface area (Å²) < 4.78 is 2.08. The van der Waals surface area contributed by atoms with Crippen LogP contribution in [0, 0.1) is 6.92 Å². The average molecular weight is 395 g/mol. The first kappa shape index (κ1) is 18.6. The normalized spacial score (nSPS) is 13.3. The lowest BCUT2D eigenvalue weighted by Crippen LogP contribution is -2.31. The summed E-state index contributed by atoms with van der Waals surface area (Å²) in [5.74, 6) is 1.07. The van der Waals surface area contributed by atoms with Gasteiger partial charge < -0.3 is 10.2 Å². The van der Waals surface area contributed by atoms with Crippen LogP contribution in [0.25, 0.3) is 0 Å². The number of fused-ring (bicyclic) bond motifs is 1. The highest BCUT2D eigenvalue weighted by atomic mass is 35.5. The number of rotatable bonds is 5. The molecule has 0 atom stereocenters. The zero-order chi connectivity index (χ0) is 19.5. The number of anilines is 1. The van der Waals surface area contributed by atoms with Crippen molar-refractivity contribution in [2.75, 3.05) is 11.4 Å². The van der Waals surface area contributed by atoms with Crippen LogP contribution in [0.5, 0.6) is 0 Å². The third kappa shape index (κ3) is 4.04. The van der Waals surface area contributed by atoms with Crippen LogP contribution >= 0.6 is 11.6 Å². The molecule has 0 saturated heterocycles. The van der Waals surface area contributed by atoms with E-state index in [1.165, 1.54) is 11.4 Å². The first-order chi connectivity index (χ1) is 13.6. The Hall–Kier alpha value is -2.79. The van der Waals surface area contributed by atoms with Gasteiger partial charge in [-0.25, -0.2) is 4.68 Å². The van der Waals surface area contributed by atoms with Crippen LogP contribution in [0.3, 0.4) is 0 Å². The Bertz CT molecular complexity index is 980. The van der Waals surface area contributed by atoms with E-state index in [9.17, 15) is 4.79 Å². The predicted octanol–water partition coefficient (Wildman–Crippen LogP) is 4.19. The van der Waals surface area contributed by atoms with Crippen LogP contribution in [0.4, 0.5) is 5.82 Å². The second-order valence-corrected chi connectivity index (χ2v) is 7.52. The molecule has 1 aliphatic heterocycles. The Morgan fingerprint density at radius 3 is 2.71 bits per heavy atom. The summed E-state index contributed by atoms with van der Waals surface area (Å²) in [6, 6.07) is 17.5. The monoisotopic (exact) mass is 394 g/mol. The van der Waals surface area contributed by atoms with Crippen molar-refractivity contribution in [3.8, 4) is 0 Å². The number of hydrogen-bond donors (Lipinski definition) is 1. The van der Waals surface area contributed by atoms with Gasteiger partial charge in [0.15, 0.2) is 0 Å². The summed E-state index contributed by atoms with van der Waals surface area (Å²) in [7, 11) is 0. The largest absolute Gasteiger partial charge is 0.352 e. The lowest BCUT2D eigenvalue weighted by atomic mass is 10.1. The van der Waals surface area contributed by atoms with E-state index in [2.05, 4.69) is 26.1 Å². The van der Waals surface area contributed by atoms with E-state index in [-0.39, 0.29) is 5.91 Å². The fourth-order valence-corrected chi connectivity index (χ4v) is 3.74. The average Bonchev–Trinajstić information content (AvgIpc) is 3.09. The Kier molecular flexibility index (Phi) is 5.35. The highest BCUT2D eigenvalue weighted by Crippen LogP contribution is 2.23. The minimum absolute atomic E-state index is 0.0989. The molecule has 144 valence electrons. The van der Waals surface area contributed by atoms with Gasteiger partial charge in [0, 0.05) is 42.8 Å². The summed E-state index contributed by atoms with van der Waals surface area (Å²) >= 11 is 6.14. The molecule has 2 heterocycles. The summed E-state index contributed by atoms with van der Waals surface area (Å²) in [4.78, 5) is 14.8. The maximum atomic E-state index is 12.4. The van der Waals surface area contributed by atoms with E-state index in [0.717, 1.165) is 37.3 Å². The highest BCUT2D eigenvalue weighted by molar-refractivity contribution is 6.31. The molecule has 1 aromatic heterocycles. The quantitative estimate of drug-likeness (QED) is 0.706. The van der Waals surface area contributed by atoms with E-state index in [1.807, 2.05) is 55.5 Å². The molecule has 3 aromatic rings. The van der Waals surface area contributed by atoms with Crippen molar-refractivity contribution in [1.29, 1.82) is 0 Å². The second kappa shape index (κ2) is 8.07. The van der Waals surface area contributed by atoms with Crippen molar-refractivity contribution in [2.45, 2.75) is 33.0 Å². The smallest absolute Gasteiger partial charge is 0.251 e. The number of carbonyl (C=O) groups is 1. The van der Waals surface area contributed by atoms with Gasteiger partial charge >= 0.3 is 0 Å². The molecule has 0 radical (unpaired) electrons. The van der Waals surface area contributed by atoms with E-state index in [0.29, 0.717) is 17.1 Å². The molecule has 0 spiro atoms. The van der Waals surface area contributed by atoms with Crippen LogP contribution in [-0.2, 0) is 19.6 Å². The van der Waals surface area contributed by atoms with Gasteiger partial charge in [0.1, 0.15) is 5.82 Å². The van der Waals surface area contributed by atoms with Gasteiger partial charge in [0.25, 0.3) is 5.91 Å². The van der Waals surface area contributed by atoms with Gasteiger partial charge in [-0.3, -0.25) is 4.79 Å². The van der Waals surface area contributed by atoms with Gasteiger partial charge in [-0.2, -0.15) is 5.10 Å². The lowest BCUT2D eigenvalue weighted by Gasteiger charge is -2.29. The number of hydrogen-bond acceptors (Lipinski definition) is 3. The zero-order valence-electron chi connectivity index (χ0n) is 15.9. The molecule has 0 bridgehead atoms. The highest BCUT2D eigenvalue weighted by Gasteiger charge is 2.18. The molecule has 4 rings (SSSR count). The molecule has 2 aromatic carbocycles. The van der Waals surface area contributed by atoms with Crippen molar-refractivity contribution >= 4 is 23.3 Å². The molecule has 1 amide bonds. The van der Waals surface area contributed by atoms with Gasteiger partial charge in [0.2, 0.25) is 0 Å². The van der Waals surface area contributed by atoms with Crippen molar-refractivity contribution in [3.63, 3.8) is 0 Å². The van der Waals surface area contributed by atoms with Gasteiger partial charge in [-0.05, 0) is 42.7 Å². The van der Waals surface area contributed by atoms with Crippen LogP contribution in [0.2, 0.25) is 5.02 Å². The van der Waals surface area contributed by atoms with Crippen molar-refractivity contribution in [3.05, 3.63) is 82.0 Å². The Morgan fingerprint density at radius 2 is 1.93 bits per heavy atom. The topological polar surface area (TPSA) is 50.2 Å². The van der Waals surface area contributed by atoms with Crippen LogP contribution in [-0.4, -0.2) is 22.2 Å². The maximum absolute atomic E-state index is 12.4. The Labute approximate surface area is 169 Å². The fourth-order valence-electron chi connectivity index (χ4n) is 3.54. The standard InChI is InChI=1S/C22H23ClN4O/c1-16-13-21-26(11-4-12-27(21)25-16)15-17-7-9-18(10-8-17)22(28)24-14-19-5-2-3-6-20(19)23/h2-3,5-10,13H,4,11-12,14-15H2,1H3,(H,24,28). The second-order valence-electron chi connectivity index (χ2n) is 7.11. The van der Waals surface area contributed by atoms with Crippen molar-refractivity contribution in [2.24, 2.45) is 0 Å². The Balaban J connectivity index is 1.39. The number of aromatic nitrogens is 2. The van der Waals surface area contributed by atoms with E-state index in [1.54, 1.807) is 0 Å². The van der Waals surface area contributed by atoms with Crippen LogP contribution < -0.4 is 10.2 Å². The fraction of sp³-hybridized carbons (Fsp3) is 0.273. The van der Waals surface area contributed by atoms with Gasteiger partial charge in [-0.15, -0.1) is 0 Å². The molecule has 0 fully saturated rings. The van der Waals surface area contributed by atoms with E-state index >= 15 is 0 Å². The minimum atomic E-state index is -0.0989. The molecule has 1 aliphatic rings. The predicted molar refractivity (Wildman–Crippen MR) is 112 cm³/mol. The van der Waals surface area contributed by atoms with Crippen molar-refractivity contribution in [1.82, 2.24) is 15.1 Å². The number of benzene rings is 2. The van der Waals surface area contributed by atoms with Gasteiger partial charge in [-0.1, -0.05) is 41.9 Å². The Morgan fingerprint density at radius 1 is 1.14 bits per heavy atom. The SMILES string of the molecule is Cc1cc2n(n1)CCCN2Cc1ccc(C(=O)NCc2ccccc2Cl)cc1. The third-order valence-corrected chi connectivity index (χ3v) is 5.36. The third-order valence-electron chi connectivity index (χ3n) is 4.99. The zero-order valence-corrected chi connectivity index (χ0v) is 16.6. The number of aryl methyl sites for hydroxylation is 2. The minimum Gasteiger partial charge on any atom is -0.352 e. The first-order valence-corrected chi connectivity index (χ1v) is 9.88. The summed E-state index contributed by atoms with van der Waals surface area (Å²) in [6.07, 6.45) is 1.09. The molecule has 5 nitrogen and oxygen atoms in total. The molecule has 6 heteroatoms. The van der Waals surface area contributed by atoms with Crippen LogP contribution in [0.15, 0.2) is 54.6 Å². The van der Waals surface area contributed by atoms with Crippen LogP contribution in [0.1, 0.15) is 33.6 Å². The molecule has 0 saturated carbocycles. The van der Waals surface area contributed by atoms with E-state index in [4.69, 9.17) is 11.6 Å².